The van der Waals surface area contributed by atoms with Crippen LogP contribution in [0.15, 0.2) is 24.3 Å². The van der Waals surface area contributed by atoms with Crippen LogP contribution in [0.25, 0.3) is 0 Å². The van der Waals surface area contributed by atoms with Gasteiger partial charge >= 0.3 is 0 Å². The van der Waals surface area contributed by atoms with Crippen molar-refractivity contribution < 1.29 is 9.53 Å². The quantitative estimate of drug-likeness (QED) is 0.902. The molecule has 1 aromatic rings. The lowest BCUT2D eigenvalue weighted by molar-refractivity contribution is -0.124. The summed E-state index contributed by atoms with van der Waals surface area (Å²) in [4.78, 5) is 12.4. The highest BCUT2D eigenvalue weighted by Crippen LogP contribution is 2.46. The number of hydrogen-bond donors (Lipinski definition) is 2. The Morgan fingerprint density at radius 1 is 1.32 bits per heavy atom. The molecule has 0 saturated heterocycles. The van der Waals surface area contributed by atoms with Gasteiger partial charge in [0.1, 0.15) is 11.4 Å². The first-order valence-electron chi connectivity index (χ1n) is 8.35. The first kappa shape index (κ1) is 15.3. The van der Waals surface area contributed by atoms with E-state index in [2.05, 4.69) is 5.32 Å². The van der Waals surface area contributed by atoms with Gasteiger partial charge in [-0.3, -0.25) is 4.79 Å². The molecule has 120 valence electrons. The van der Waals surface area contributed by atoms with Crippen LogP contribution in [0.1, 0.15) is 57.6 Å². The van der Waals surface area contributed by atoms with Crippen LogP contribution in [0.4, 0.5) is 0 Å². The minimum absolute atomic E-state index is 0.000324. The van der Waals surface area contributed by atoms with E-state index >= 15 is 0 Å². The number of amides is 1. The molecule has 2 aliphatic rings. The van der Waals surface area contributed by atoms with Crippen LogP contribution in [-0.4, -0.2) is 17.6 Å². The van der Waals surface area contributed by atoms with E-state index in [1.807, 2.05) is 38.1 Å². The van der Waals surface area contributed by atoms with Crippen molar-refractivity contribution >= 4 is 5.91 Å². The van der Waals surface area contributed by atoms with Crippen molar-refractivity contribution in [2.45, 2.75) is 63.6 Å². The number of para-hydroxylation sites is 1. The normalized spacial score (nSPS) is 23.9. The highest BCUT2D eigenvalue weighted by Gasteiger charge is 2.43. The Morgan fingerprint density at radius 2 is 2.00 bits per heavy atom. The molecule has 0 bridgehead atoms. The molecule has 3 N–H and O–H groups in total. The summed E-state index contributed by atoms with van der Waals surface area (Å²) in [6.07, 6.45) is 5.40. The molecule has 22 heavy (non-hydrogen) atoms. The van der Waals surface area contributed by atoms with Crippen LogP contribution in [0.3, 0.4) is 0 Å². The number of ether oxygens (including phenoxy) is 1. The predicted molar refractivity (Wildman–Crippen MR) is 86.6 cm³/mol. The number of fused-ring (bicyclic) bond motifs is 1. The first-order chi connectivity index (χ1) is 10.5. The molecule has 4 heteroatoms. The van der Waals surface area contributed by atoms with Crippen molar-refractivity contribution in [1.29, 1.82) is 0 Å². The van der Waals surface area contributed by atoms with Crippen molar-refractivity contribution in [2.24, 2.45) is 11.7 Å². The second-order valence-corrected chi connectivity index (χ2v) is 7.07. The Labute approximate surface area is 132 Å². The van der Waals surface area contributed by atoms with E-state index in [1.165, 1.54) is 12.8 Å². The first-order valence-corrected chi connectivity index (χ1v) is 8.35. The lowest BCUT2D eigenvalue weighted by Gasteiger charge is -2.40. The smallest absolute Gasteiger partial charge is 0.237 e. The van der Waals surface area contributed by atoms with E-state index in [-0.39, 0.29) is 23.5 Å². The molecule has 1 fully saturated rings. The van der Waals surface area contributed by atoms with Crippen LogP contribution in [0.2, 0.25) is 0 Å². The van der Waals surface area contributed by atoms with Crippen LogP contribution in [-0.2, 0) is 4.79 Å². The van der Waals surface area contributed by atoms with Gasteiger partial charge in [0, 0.05) is 12.0 Å². The average molecular weight is 302 g/mol. The minimum Gasteiger partial charge on any atom is -0.487 e. The zero-order valence-corrected chi connectivity index (χ0v) is 13.5. The predicted octanol–water partition coefficient (Wildman–Crippen LogP) is 2.92. The van der Waals surface area contributed by atoms with E-state index < -0.39 is 6.04 Å². The molecule has 2 atom stereocenters. The molecule has 1 aromatic carbocycles. The second-order valence-electron chi connectivity index (χ2n) is 7.07. The Hall–Kier alpha value is -1.55. The molecule has 1 saturated carbocycles. The maximum Gasteiger partial charge on any atom is 0.237 e. The molecule has 0 radical (unpaired) electrons. The number of nitrogens with two attached hydrogens (primary N) is 1. The standard InChI is InChI=1S/C18H26N2O2/c1-12(2)16(19)17(21)20-14-11-18(9-5-6-10-18)22-15-8-4-3-7-13(14)15/h3-4,7-8,12,14,16H,5-6,9-11,19H2,1-2H3,(H,20,21)/t14?,16-/m0/s1. The summed E-state index contributed by atoms with van der Waals surface area (Å²) < 4.78 is 6.32. The molecule has 1 aliphatic heterocycles. The molecule has 1 aliphatic carbocycles. The van der Waals surface area contributed by atoms with Gasteiger partial charge in [-0.25, -0.2) is 0 Å². The van der Waals surface area contributed by atoms with Gasteiger partial charge in [-0.1, -0.05) is 32.0 Å². The van der Waals surface area contributed by atoms with E-state index in [0.29, 0.717) is 0 Å². The van der Waals surface area contributed by atoms with Crippen LogP contribution in [0, 0.1) is 5.92 Å². The van der Waals surface area contributed by atoms with Crippen molar-refractivity contribution in [3.63, 3.8) is 0 Å². The fourth-order valence-electron chi connectivity index (χ4n) is 3.64. The van der Waals surface area contributed by atoms with Gasteiger partial charge in [-0.05, 0) is 37.7 Å². The van der Waals surface area contributed by atoms with E-state index in [4.69, 9.17) is 10.5 Å². The summed E-state index contributed by atoms with van der Waals surface area (Å²) in [5, 5.41) is 3.16. The molecule has 1 unspecified atom stereocenters. The zero-order chi connectivity index (χ0) is 15.7. The third-order valence-electron chi connectivity index (χ3n) is 5.05. The Balaban J connectivity index is 1.84. The van der Waals surface area contributed by atoms with Gasteiger partial charge in [0.2, 0.25) is 5.91 Å². The van der Waals surface area contributed by atoms with Gasteiger partial charge in [0.15, 0.2) is 0 Å². The van der Waals surface area contributed by atoms with Crippen LogP contribution < -0.4 is 15.8 Å². The van der Waals surface area contributed by atoms with Gasteiger partial charge in [-0.15, -0.1) is 0 Å². The summed E-state index contributed by atoms with van der Waals surface area (Å²) in [5.74, 6) is 0.986. The maximum atomic E-state index is 12.4. The Bertz CT molecular complexity index is 550. The summed E-state index contributed by atoms with van der Waals surface area (Å²) in [6, 6.07) is 7.58. The lowest BCUT2D eigenvalue weighted by Crippen LogP contribution is -2.49. The summed E-state index contributed by atoms with van der Waals surface area (Å²) in [6.45, 7) is 3.95. The van der Waals surface area contributed by atoms with Crippen LogP contribution >= 0.6 is 0 Å². The topological polar surface area (TPSA) is 64.4 Å². The third kappa shape index (κ3) is 2.84. The Morgan fingerprint density at radius 3 is 2.68 bits per heavy atom. The largest absolute Gasteiger partial charge is 0.487 e. The van der Waals surface area contributed by atoms with E-state index in [0.717, 1.165) is 30.6 Å². The molecule has 3 rings (SSSR count). The minimum atomic E-state index is -0.463. The van der Waals surface area contributed by atoms with E-state index in [1.54, 1.807) is 0 Å². The maximum absolute atomic E-state index is 12.4. The third-order valence-corrected chi connectivity index (χ3v) is 5.05. The lowest BCUT2D eigenvalue weighted by atomic mass is 9.85. The summed E-state index contributed by atoms with van der Waals surface area (Å²) in [7, 11) is 0. The molecular formula is C18H26N2O2. The van der Waals surface area contributed by atoms with Crippen molar-refractivity contribution in [1.82, 2.24) is 5.32 Å². The summed E-state index contributed by atoms with van der Waals surface area (Å²) in [5.41, 5.74) is 6.97. The molecule has 0 aromatic heterocycles. The van der Waals surface area contributed by atoms with Crippen molar-refractivity contribution in [2.75, 3.05) is 0 Å². The van der Waals surface area contributed by atoms with Crippen molar-refractivity contribution in [3.05, 3.63) is 29.8 Å². The molecular weight excluding hydrogens is 276 g/mol. The molecule has 1 amide bonds. The van der Waals surface area contributed by atoms with Gasteiger partial charge in [-0.2, -0.15) is 0 Å². The van der Waals surface area contributed by atoms with Crippen molar-refractivity contribution in [3.8, 4) is 5.75 Å². The SMILES string of the molecule is CC(C)[C@H](N)C(=O)NC1CC2(CCCC2)Oc2ccccc21. The van der Waals surface area contributed by atoms with Gasteiger partial charge in [0.25, 0.3) is 0 Å². The average Bonchev–Trinajstić information content (AvgIpc) is 2.93. The number of carbonyl (C=O) groups is 1. The number of benzene rings is 1. The number of carbonyl (C=O) groups excluding carboxylic acids is 1. The highest BCUT2D eigenvalue weighted by atomic mass is 16.5. The fourth-order valence-corrected chi connectivity index (χ4v) is 3.64. The van der Waals surface area contributed by atoms with Gasteiger partial charge < -0.3 is 15.8 Å². The molecule has 1 heterocycles. The van der Waals surface area contributed by atoms with E-state index in [9.17, 15) is 4.79 Å². The highest BCUT2D eigenvalue weighted by molar-refractivity contribution is 5.82. The Kier molecular flexibility index (Phi) is 4.13. The number of nitrogens with one attached hydrogen (secondary N) is 1. The fraction of sp³-hybridized carbons (Fsp3) is 0.611. The van der Waals surface area contributed by atoms with Crippen LogP contribution in [0.5, 0.6) is 5.75 Å². The molecule has 1 spiro atoms. The van der Waals surface area contributed by atoms with Gasteiger partial charge in [0.05, 0.1) is 12.1 Å². The zero-order valence-electron chi connectivity index (χ0n) is 13.5. The number of rotatable bonds is 3. The monoisotopic (exact) mass is 302 g/mol. The molecule has 4 nitrogen and oxygen atoms in total. The second kappa shape index (κ2) is 5.92. The summed E-state index contributed by atoms with van der Waals surface area (Å²) >= 11 is 0. The number of hydrogen-bond acceptors (Lipinski definition) is 3.